The molecule has 132 valence electrons. The van der Waals surface area contributed by atoms with E-state index in [0.717, 1.165) is 43.6 Å². The van der Waals surface area contributed by atoms with Crippen LogP contribution < -0.4 is 0 Å². The number of hydrogen-bond donors (Lipinski definition) is 0. The highest BCUT2D eigenvalue weighted by Crippen LogP contribution is 2.16. The summed E-state index contributed by atoms with van der Waals surface area (Å²) in [5.41, 5.74) is 2.92. The lowest BCUT2D eigenvalue weighted by Crippen LogP contribution is -2.48. The molecule has 26 heavy (non-hydrogen) atoms. The molecule has 1 aliphatic rings. The summed E-state index contributed by atoms with van der Waals surface area (Å²) in [7, 11) is 0. The molecule has 1 fully saturated rings. The van der Waals surface area contributed by atoms with Crippen molar-refractivity contribution in [2.24, 2.45) is 0 Å². The number of pyridine rings is 1. The van der Waals surface area contributed by atoms with Crippen LogP contribution in [0.3, 0.4) is 0 Å². The van der Waals surface area contributed by atoms with E-state index in [1.54, 1.807) is 6.20 Å². The Balaban J connectivity index is 1.38. The highest BCUT2D eigenvalue weighted by Gasteiger charge is 2.22. The summed E-state index contributed by atoms with van der Waals surface area (Å²) in [6.07, 6.45) is 1.70. The summed E-state index contributed by atoms with van der Waals surface area (Å²) in [6, 6.07) is 18.5. The van der Waals surface area contributed by atoms with Gasteiger partial charge in [-0.1, -0.05) is 30.3 Å². The zero-order valence-electron chi connectivity index (χ0n) is 14.4. The number of halogens is 1. The third-order valence-electron chi connectivity index (χ3n) is 4.82. The van der Waals surface area contributed by atoms with Gasteiger partial charge in [0.25, 0.3) is 5.91 Å². The number of nitrogens with zero attached hydrogens (tertiary/aromatic N) is 3. The molecular weight excluding hydrogens is 433 g/mol. The third-order valence-corrected chi connectivity index (χ3v) is 5.54. The van der Waals surface area contributed by atoms with E-state index in [1.165, 1.54) is 9.13 Å². The zero-order chi connectivity index (χ0) is 17.9. The van der Waals surface area contributed by atoms with Crippen LogP contribution in [0.15, 0.2) is 60.8 Å². The molecule has 0 saturated carbocycles. The Morgan fingerprint density at radius 1 is 1.00 bits per heavy atom. The van der Waals surface area contributed by atoms with Crippen LogP contribution in [0.1, 0.15) is 15.9 Å². The molecule has 1 aliphatic heterocycles. The fraction of sp³-hybridized carbons (Fsp3) is 0.238. The minimum absolute atomic E-state index is 0.0807. The van der Waals surface area contributed by atoms with Gasteiger partial charge in [-0.3, -0.25) is 14.7 Å². The zero-order valence-corrected chi connectivity index (χ0v) is 16.6. The van der Waals surface area contributed by atoms with E-state index in [0.29, 0.717) is 5.56 Å². The van der Waals surface area contributed by atoms with Crippen molar-refractivity contribution in [1.29, 1.82) is 0 Å². The Bertz CT molecular complexity index is 918. The minimum atomic E-state index is 0.0807. The average molecular weight is 453 g/mol. The second-order valence-corrected chi connectivity index (χ2v) is 7.86. The molecular formula is C21H20IN3O. The number of para-hydroxylation sites is 1. The van der Waals surface area contributed by atoms with Crippen molar-refractivity contribution >= 4 is 39.4 Å². The Kier molecular flexibility index (Phi) is 5.17. The van der Waals surface area contributed by atoms with E-state index in [2.05, 4.69) is 56.7 Å². The summed E-state index contributed by atoms with van der Waals surface area (Å²) in [5, 5.41) is 1.01. The van der Waals surface area contributed by atoms with Gasteiger partial charge in [0.15, 0.2) is 0 Å². The van der Waals surface area contributed by atoms with Crippen molar-refractivity contribution in [3.8, 4) is 0 Å². The van der Waals surface area contributed by atoms with Crippen molar-refractivity contribution in [3.05, 3.63) is 75.5 Å². The van der Waals surface area contributed by atoms with E-state index in [1.807, 2.05) is 35.2 Å². The van der Waals surface area contributed by atoms with Gasteiger partial charge in [0.1, 0.15) is 0 Å². The largest absolute Gasteiger partial charge is 0.336 e. The topological polar surface area (TPSA) is 36.4 Å². The van der Waals surface area contributed by atoms with Crippen LogP contribution in [0.4, 0.5) is 0 Å². The highest BCUT2D eigenvalue weighted by atomic mass is 123. The van der Waals surface area contributed by atoms with Gasteiger partial charge in [-0.2, -0.15) is 0 Å². The third kappa shape index (κ3) is 3.88. The fourth-order valence-electron chi connectivity index (χ4n) is 3.33. The van der Waals surface area contributed by atoms with Crippen molar-refractivity contribution in [1.82, 2.24) is 14.8 Å². The lowest BCUT2D eigenvalue weighted by atomic mass is 10.1. The van der Waals surface area contributed by atoms with Gasteiger partial charge in [0.05, 0.1) is 11.1 Å². The molecule has 0 N–H and O–H groups in total. The smallest absolute Gasteiger partial charge is 0.255 e. The number of hydrogen-bond acceptors (Lipinski definition) is 3. The molecule has 0 radical (unpaired) electrons. The summed E-state index contributed by atoms with van der Waals surface area (Å²) in [5.74, 6) is 0.0807. The van der Waals surface area contributed by atoms with E-state index < -0.39 is 0 Å². The number of aromatic nitrogens is 1. The lowest BCUT2D eigenvalue weighted by Gasteiger charge is -2.34. The van der Waals surface area contributed by atoms with Crippen molar-refractivity contribution in [2.75, 3.05) is 26.2 Å². The maximum Gasteiger partial charge on any atom is 0.255 e. The Morgan fingerprint density at radius 3 is 2.50 bits per heavy atom. The maximum atomic E-state index is 12.8. The molecule has 0 aliphatic carbocycles. The van der Waals surface area contributed by atoms with Gasteiger partial charge in [0, 0.05) is 47.9 Å². The number of rotatable bonds is 3. The van der Waals surface area contributed by atoms with Gasteiger partial charge in [0.2, 0.25) is 0 Å². The molecule has 2 aromatic carbocycles. The van der Waals surface area contributed by atoms with Gasteiger partial charge < -0.3 is 4.90 Å². The van der Waals surface area contributed by atoms with Crippen LogP contribution in [-0.2, 0) is 6.54 Å². The predicted octanol–water partition coefficient (Wildman–Crippen LogP) is 3.80. The first-order chi connectivity index (χ1) is 12.7. The van der Waals surface area contributed by atoms with Gasteiger partial charge in [-0.05, 0) is 52.4 Å². The van der Waals surface area contributed by atoms with Crippen LogP contribution in [0, 0.1) is 3.57 Å². The number of carbonyl (C=O) groups is 1. The first-order valence-corrected chi connectivity index (χ1v) is 9.88. The van der Waals surface area contributed by atoms with E-state index >= 15 is 0 Å². The van der Waals surface area contributed by atoms with Crippen molar-refractivity contribution in [3.63, 3.8) is 0 Å². The molecule has 0 atom stereocenters. The standard InChI is InChI=1S/C21H20IN3O/c22-19-7-5-16(6-8-19)15-24-9-11-25(12-10-24)21(26)18-13-17-3-1-2-4-20(17)23-14-18/h1-8,13-14H,9-12,15H2/i22-4. The van der Waals surface area contributed by atoms with Gasteiger partial charge in [-0.25, -0.2) is 0 Å². The SMILES string of the molecule is O=C(c1cnc2ccccc2c1)N1CCN(Cc2ccc([123I])cc2)CC1. The minimum Gasteiger partial charge on any atom is -0.336 e. The monoisotopic (exact) mass is 453 g/mol. The number of benzene rings is 2. The average Bonchev–Trinajstić information content (AvgIpc) is 2.69. The number of piperazine rings is 1. The summed E-state index contributed by atoms with van der Waals surface area (Å²) in [4.78, 5) is 21.6. The van der Waals surface area contributed by atoms with E-state index in [-0.39, 0.29) is 5.91 Å². The molecule has 0 bridgehead atoms. The molecule has 4 rings (SSSR count). The molecule has 1 aromatic heterocycles. The lowest BCUT2D eigenvalue weighted by molar-refractivity contribution is 0.0628. The molecule has 4 nitrogen and oxygen atoms in total. The van der Waals surface area contributed by atoms with Crippen LogP contribution in [-0.4, -0.2) is 46.9 Å². The van der Waals surface area contributed by atoms with Crippen LogP contribution >= 0.6 is 22.6 Å². The van der Waals surface area contributed by atoms with E-state index in [4.69, 9.17) is 0 Å². The molecule has 1 amide bonds. The Hall–Kier alpha value is -1.99. The summed E-state index contributed by atoms with van der Waals surface area (Å²) in [6.45, 7) is 4.26. The summed E-state index contributed by atoms with van der Waals surface area (Å²) >= 11 is 2.32. The summed E-state index contributed by atoms with van der Waals surface area (Å²) < 4.78 is 1.26. The quantitative estimate of drug-likeness (QED) is 0.567. The first-order valence-electron chi connectivity index (χ1n) is 8.80. The fourth-order valence-corrected chi connectivity index (χ4v) is 3.69. The number of amides is 1. The second-order valence-electron chi connectivity index (χ2n) is 6.61. The van der Waals surface area contributed by atoms with Crippen LogP contribution in [0.2, 0.25) is 0 Å². The maximum absolute atomic E-state index is 12.8. The Morgan fingerprint density at radius 2 is 1.73 bits per heavy atom. The van der Waals surface area contributed by atoms with Crippen molar-refractivity contribution < 1.29 is 4.79 Å². The number of carbonyl (C=O) groups excluding carboxylic acids is 1. The van der Waals surface area contributed by atoms with Gasteiger partial charge in [-0.15, -0.1) is 0 Å². The molecule has 5 heteroatoms. The molecule has 1 saturated heterocycles. The molecule has 0 unspecified atom stereocenters. The van der Waals surface area contributed by atoms with E-state index in [9.17, 15) is 4.79 Å². The second kappa shape index (κ2) is 7.72. The van der Waals surface area contributed by atoms with Crippen LogP contribution in [0.5, 0.6) is 0 Å². The normalized spacial score (nSPS) is 15.3. The van der Waals surface area contributed by atoms with Crippen molar-refractivity contribution in [2.45, 2.75) is 6.54 Å². The van der Waals surface area contributed by atoms with Gasteiger partial charge >= 0.3 is 0 Å². The number of fused-ring (bicyclic) bond motifs is 1. The van der Waals surface area contributed by atoms with Crippen LogP contribution in [0.25, 0.3) is 10.9 Å². The highest BCUT2D eigenvalue weighted by molar-refractivity contribution is 14.1. The molecule has 3 aromatic rings. The molecule has 0 spiro atoms. The molecule has 2 heterocycles. The predicted molar refractivity (Wildman–Crippen MR) is 112 cm³/mol. The first kappa shape index (κ1) is 17.4. The Labute approximate surface area is 167 Å².